The number of pyridine rings is 1. The minimum atomic E-state index is -0.998. The Balaban J connectivity index is 1.55. The van der Waals surface area contributed by atoms with Crippen LogP contribution in [0, 0.1) is 11.7 Å². The molecular formula is C24H25FN4O3. The number of benzene rings is 1. The Morgan fingerprint density at radius 2 is 1.94 bits per heavy atom. The van der Waals surface area contributed by atoms with Crippen molar-refractivity contribution in [2.75, 3.05) is 0 Å². The standard InChI is InChI=1S/C24H25FN4O3/c1-24(23(26)31,17-4-2-3-15(11-17)16-5-10-21(30)28-12-16)20-13-29-22(14-27-20)32-19-8-6-18(25)7-9-19/h5-10,12-15,17H,2-4,11H2,1H3,(H2,26,31)(H,28,30)/t15-,17?,24?/m1/s1. The molecule has 1 aromatic carbocycles. The molecule has 2 aromatic heterocycles. The van der Waals surface area contributed by atoms with Crippen LogP contribution in [0.25, 0.3) is 0 Å². The van der Waals surface area contributed by atoms with Gasteiger partial charge in [0.2, 0.25) is 17.3 Å². The summed E-state index contributed by atoms with van der Waals surface area (Å²) in [6.45, 7) is 1.82. The minimum absolute atomic E-state index is 0.0242. The van der Waals surface area contributed by atoms with E-state index in [0.717, 1.165) is 31.2 Å². The normalized spacial score (nSPS) is 20.3. The van der Waals surface area contributed by atoms with Crippen molar-refractivity contribution < 1.29 is 13.9 Å². The van der Waals surface area contributed by atoms with E-state index < -0.39 is 11.3 Å². The second kappa shape index (κ2) is 8.90. The van der Waals surface area contributed by atoms with Crippen LogP contribution in [-0.2, 0) is 10.2 Å². The zero-order valence-electron chi connectivity index (χ0n) is 17.8. The molecule has 3 aromatic rings. The number of aromatic nitrogens is 3. The monoisotopic (exact) mass is 436 g/mol. The minimum Gasteiger partial charge on any atom is -0.438 e. The molecule has 1 saturated carbocycles. The lowest BCUT2D eigenvalue weighted by atomic mass is 9.64. The summed E-state index contributed by atoms with van der Waals surface area (Å²) in [7, 11) is 0. The van der Waals surface area contributed by atoms with Crippen LogP contribution in [0.1, 0.15) is 49.8 Å². The highest BCUT2D eigenvalue weighted by Crippen LogP contribution is 2.45. The molecule has 8 heteroatoms. The van der Waals surface area contributed by atoms with E-state index >= 15 is 0 Å². The van der Waals surface area contributed by atoms with Gasteiger partial charge in [0.1, 0.15) is 11.6 Å². The first-order chi connectivity index (χ1) is 15.4. The smallest absolute Gasteiger partial charge is 0.247 e. The number of hydrogen-bond acceptors (Lipinski definition) is 5. The quantitative estimate of drug-likeness (QED) is 0.610. The zero-order valence-corrected chi connectivity index (χ0v) is 17.8. The molecule has 4 rings (SSSR count). The maximum Gasteiger partial charge on any atom is 0.247 e. The summed E-state index contributed by atoms with van der Waals surface area (Å²) < 4.78 is 18.7. The number of aromatic amines is 1. The van der Waals surface area contributed by atoms with Gasteiger partial charge in [-0.1, -0.05) is 12.5 Å². The number of nitrogens with zero attached hydrogens (tertiary/aromatic N) is 2. The van der Waals surface area contributed by atoms with E-state index in [1.807, 2.05) is 13.0 Å². The van der Waals surface area contributed by atoms with Crippen LogP contribution >= 0.6 is 0 Å². The molecule has 166 valence electrons. The summed E-state index contributed by atoms with van der Waals surface area (Å²) in [5.74, 6) is 0.0565. The van der Waals surface area contributed by atoms with Gasteiger partial charge < -0.3 is 15.5 Å². The molecule has 2 unspecified atom stereocenters. The number of nitrogens with one attached hydrogen (secondary N) is 1. The Hall–Kier alpha value is -3.55. The number of halogens is 1. The van der Waals surface area contributed by atoms with E-state index in [-0.39, 0.29) is 29.1 Å². The van der Waals surface area contributed by atoms with Gasteiger partial charge in [-0.05, 0) is 67.9 Å². The van der Waals surface area contributed by atoms with Crippen molar-refractivity contribution in [3.8, 4) is 11.6 Å². The number of nitrogens with two attached hydrogens (primary N) is 1. The Morgan fingerprint density at radius 1 is 1.16 bits per heavy atom. The molecular weight excluding hydrogens is 411 g/mol. The zero-order chi connectivity index (χ0) is 22.7. The van der Waals surface area contributed by atoms with Gasteiger partial charge in [-0.25, -0.2) is 9.37 Å². The molecule has 32 heavy (non-hydrogen) atoms. The van der Waals surface area contributed by atoms with Gasteiger partial charge in [0.05, 0.1) is 23.5 Å². The summed E-state index contributed by atoms with van der Waals surface area (Å²) in [6.07, 6.45) is 8.23. The predicted molar refractivity (Wildman–Crippen MR) is 117 cm³/mol. The van der Waals surface area contributed by atoms with Crippen molar-refractivity contribution in [2.24, 2.45) is 11.7 Å². The maximum atomic E-state index is 13.1. The number of carbonyl (C=O) groups excluding carboxylic acids is 1. The van der Waals surface area contributed by atoms with Gasteiger partial charge in [0.15, 0.2) is 0 Å². The molecule has 1 aliphatic carbocycles. The average Bonchev–Trinajstić information content (AvgIpc) is 2.81. The summed E-state index contributed by atoms with van der Waals surface area (Å²) in [6, 6.07) is 8.95. The fraction of sp³-hybridized carbons (Fsp3) is 0.333. The molecule has 0 aliphatic heterocycles. The number of ether oxygens (including phenoxy) is 1. The van der Waals surface area contributed by atoms with Crippen LogP contribution in [0.5, 0.6) is 11.6 Å². The Morgan fingerprint density at radius 3 is 2.56 bits per heavy atom. The molecule has 7 nitrogen and oxygen atoms in total. The van der Waals surface area contributed by atoms with Crippen LogP contribution in [0.2, 0.25) is 0 Å². The average molecular weight is 436 g/mol. The van der Waals surface area contributed by atoms with Crippen molar-refractivity contribution >= 4 is 5.91 Å². The van der Waals surface area contributed by atoms with Crippen molar-refractivity contribution in [3.63, 3.8) is 0 Å². The lowest BCUT2D eigenvalue weighted by molar-refractivity contribution is -0.125. The highest BCUT2D eigenvalue weighted by molar-refractivity contribution is 5.86. The molecule has 2 heterocycles. The number of carbonyl (C=O) groups is 1. The van der Waals surface area contributed by atoms with E-state index in [1.165, 1.54) is 42.7 Å². The molecule has 0 spiro atoms. The van der Waals surface area contributed by atoms with E-state index in [0.29, 0.717) is 11.4 Å². The van der Waals surface area contributed by atoms with E-state index in [1.54, 1.807) is 6.20 Å². The molecule has 1 amide bonds. The number of H-pyrrole nitrogens is 1. The summed E-state index contributed by atoms with van der Waals surface area (Å²) in [4.78, 5) is 35.5. The van der Waals surface area contributed by atoms with Crippen LogP contribution in [0.15, 0.2) is 59.8 Å². The second-order valence-electron chi connectivity index (χ2n) is 8.41. The topological polar surface area (TPSA) is 111 Å². The number of rotatable bonds is 6. The van der Waals surface area contributed by atoms with E-state index in [9.17, 15) is 14.0 Å². The first-order valence-corrected chi connectivity index (χ1v) is 10.6. The van der Waals surface area contributed by atoms with Gasteiger partial charge in [0, 0.05) is 12.3 Å². The molecule has 3 N–H and O–H groups in total. The number of amides is 1. The Labute approximate surface area is 184 Å². The van der Waals surface area contributed by atoms with Crippen LogP contribution in [0.3, 0.4) is 0 Å². The Bertz CT molecular complexity index is 1130. The number of primary amides is 1. The molecule has 0 bridgehead atoms. The van der Waals surface area contributed by atoms with Gasteiger partial charge in [-0.3, -0.25) is 14.6 Å². The molecule has 0 saturated heterocycles. The van der Waals surface area contributed by atoms with Crippen LogP contribution < -0.4 is 16.0 Å². The lowest BCUT2D eigenvalue weighted by Gasteiger charge is -2.39. The van der Waals surface area contributed by atoms with Gasteiger partial charge >= 0.3 is 0 Å². The van der Waals surface area contributed by atoms with Crippen molar-refractivity contribution in [1.82, 2.24) is 15.0 Å². The third-order valence-corrected chi connectivity index (χ3v) is 6.48. The third kappa shape index (κ3) is 4.39. The van der Waals surface area contributed by atoms with Crippen LogP contribution in [-0.4, -0.2) is 20.9 Å². The van der Waals surface area contributed by atoms with Crippen molar-refractivity contribution in [2.45, 2.75) is 43.9 Å². The van der Waals surface area contributed by atoms with E-state index in [4.69, 9.17) is 10.5 Å². The van der Waals surface area contributed by atoms with Crippen molar-refractivity contribution in [1.29, 1.82) is 0 Å². The first kappa shape index (κ1) is 21.7. The largest absolute Gasteiger partial charge is 0.438 e. The fourth-order valence-corrected chi connectivity index (χ4v) is 4.49. The lowest BCUT2D eigenvalue weighted by Crippen LogP contribution is -2.47. The second-order valence-corrected chi connectivity index (χ2v) is 8.41. The maximum absolute atomic E-state index is 13.1. The fourth-order valence-electron chi connectivity index (χ4n) is 4.49. The van der Waals surface area contributed by atoms with Crippen molar-refractivity contribution in [3.05, 3.63) is 82.4 Å². The SMILES string of the molecule is CC(C(N)=O)(c1cnc(Oc2ccc(F)cc2)cn1)C1CCC[C@@H](c2ccc(=O)[nH]c2)C1. The predicted octanol–water partition coefficient (Wildman–Crippen LogP) is 3.81. The van der Waals surface area contributed by atoms with E-state index in [2.05, 4.69) is 15.0 Å². The van der Waals surface area contributed by atoms with Gasteiger partial charge in [0.25, 0.3) is 0 Å². The van der Waals surface area contributed by atoms with Gasteiger partial charge in [-0.2, -0.15) is 0 Å². The highest BCUT2D eigenvalue weighted by atomic mass is 19.1. The number of hydrogen-bond donors (Lipinski definition) is 2. The summed E-state index contributed by atoms with van der Waals surface area (Å²) >= 11 is 0. The summed E-state index contributed by atoms with van der Waals surface area (Å²) in [5, 5.41) is 0. The Kier molecular flexibility index (Phi) is 6.03. The van der Waals surface area contributed by atoms with Crippen LogP contribution in [0.4, 0.5) is 4.39 Å². The molecule has 3 atom stereocenters. The molecule has 0 radical (unpaired) electrons. The molecule has 1 aliphatic rings. The first-order valence-electron chi connectivity index (χ1n) is 10.6. The third-order valence-electron chi connectivity index (χ3n) is 6.48. The highest BCUT2D eigenvalue weighted by Gasteiger charge is 2.45. The van der Waals surface area contributed by atoms with Gasteiger partial charge in [-0.15, -0.1) is 0 Å². The molecule has 1 fully saturated rings. The summed E-state index contributed by atoms with van der Waals surface area (Å²) in [5.41, 5.74) is 6.30.